The Morgan fingerprint density at radius 3 is 2.86 bits per heavy atom. The summed E-state index contributed by atoms with van der Waals surface area (Å²) < 4.78 is 51.8. The van der Waals surface area contributed by atoms with E-state index in [1.807, 2.05) is 13.8 Å². The number of nitrogens with one attached hydrogen (secondary N) is 2. The molecular formula is C24H33N5O7S. The third-order valence-corrected chi connectivity index (χ3v) is 7.24. The van der Waals surface area contributed by atoms with E-state index in [2.05, 4.69) is 19.8 Å². The van der Waals surface area contributed by atoms with Crippen LogP contribution in [0.2, 0.25) is 0 Å². The second kappa shape index (κ2) is 12.1. The van der Waals surface area contributed by atoms with E-state index in [-0.39, 0.29) is 35.7 Å². The number of aryl methyl sites for hydroxylation is 2. The number of hydrogen-bond acceptors (Lipinski definition) is 9. The van der Waals surface area contributed by atoms with Crippen LogP contribution in [0.1, 0.15) is 38.2 Å². The maximum Gasteiger partial charge on any atom is 0.277 e. The molecule has 1 aliphatic heterocycles. The zero-order valence-corrected chi connectivity index (χ0v) is 22.1. The maximum atomic E-state index is 13.0. The Hall–Kier alpha value is -2.84. The summed E-state index contributed by atoms with van der Waals surface area (Å²) in [6.07, 6.45) is 1.89. The summed E-state index contributed by atoms with van der Waals surface area (Å²) in [5.74, 6) is 1.27. The molecule has 2 N–H and O–H groups in total. The molecule has 4 rings (SSSR count). The van der Waals surface area contributed by atoms with Crippen molar-refractivity contribution in [1.82, 2.24) is 24.3 Å². The van der Waals surface area contributed by atoms with Gasteiger partial charge in [-0.2, -0.15) is 0 Å². The molecule has 1 fully saturated rings. The van der Waals surface area contributed by atoms with Gasteiger partial charge in [-0.25, -0.2) is 22.6 Å². The number of benzene rings is 1. The van der Waals surface area contributed by atoms with Crippen LogP contribution in [0.5, 0.6) is 5.75 Å². The number of ether oxygens (including phenoxy) is 4. The number of aromatic amines is 1. The van der Waals surface area contributed by atoms with Crippen LogP contribution in [0, 0.1) is 6.92 Å². The lowest BCUT2D eigenvalue weighted by molar-refractivity contribution is 0.00499. The van der Waals surface area contributed by atoms with Gasteiger partial charge in [0.2, 0.25) is 10.0 Å². The van der Waals surface area contributed by atoms with E-state index in [0.29, 0.717) is 67.6 Å². The largest absolute Gasteiger partial charge is 0.493 e. The topological polar surface area (TPSA) is 146 Å². The van der Waals surface area contributed by atoms with Crippen molar-refractivity contribution in [2.24, 2.45) is 0 Å². The highest BCUT2D eigenvalue weighted by Gasteiger charge is 2.21. The van der Waals surface area contributed by atoms with E-state index < -0.39 is 10.0 Å². The van der Waals surface area contributed by atoms with Crippen molar-refractivity contribution in [1.29, 1.82) is 0 Å². The summed E-state index contributed by atoms with van der Waals surface area (Å²) in [5.41, 5.74) is 0.952. The molecule has 37 heavy (non-hydrogen) atoms. The lowest BCUT2D eigenvalue weighted by Crippen LogP contribution is -2.26. The van der Waals surface area contributed by atoms with Gasteiger partial charge in [0.15, 0.2) is 11.3 Å². The van der Waals surface area contributed by atoms with Gasteiger partial charge in [0.1, 0.15) is 24.5 Å². The number of aromatic nitrogens is 4. The lowest BCUT2D eigenvalue weighted by atomic mass is 10.2. The minimum absolute atomic E-state index is 0.0294. The SMILES string of the molecule is CCCc1nc(C)c2c(=O)[nH]c(-c3cc(S(=O)(=O)NCCCOCC4COCO4)ccc3OCC)nn12. The third kappa shape index (κ3) is 6.36. The van der Waals surface area contributed by atoms with Crippen molar-refractivity contribution in [3.63, 3.8) is 0 Å². The first kappa shape index (κ1) is 27.2. The lowest BCUT2D eigenvalue weighted by Gasteiger charge is -2.13. The monoisotopic (exact) mass is 535 g/mol. The molecule has 0 spiro atoms. The van der Waals surface area contributed by atoms with Crippen LogP contribution in [-0.2, 0) is 30.7 Å². The number of nitrogens with zero attached hydrogens (tertiary/aromatic N) is 3. The first-order chi connectivity index (χ1) is 17.8. The summed E-state index contributed by atoms with van der Waals surface area (Å²) in [6, 6.07) is 4.48. The Labute approximate surface area is 215 Å². The van der Waals surface area contributed by atoms with Gasteiger partial charge in [0.05, 0.1) is 36.0 Å². The predicted octanol–water partition coefficient (Wildman–Crippen LogP) is 1.80. The molecule has 0 amide bonds. The van der Waals surface area contributed by atoms with Gasteiger partial charge < -0.3 is 23.9 Å². The smallest absolute Gasteiger partial charge is 0.277 e. The minimum Gasteiger partial charge on any atom is -0.493 e. The Balaban J connectivity index is 1.55. The van der Waals surface area contributed by atoms with Crippen LogP contribution in [0.3, 0.4) is 0 Å². The molecule has 202 valence electrons. The molecular weight excluding hydrogens is 502 g/mol. The first-order valence-corrected chi connectivity index (χ1v) is 13.8. The third-order valence-electron chi connectivity index (χ3n) is 5.78. The van der Waals surface area contributed by atoms with Crippen molar-refractivity contribution in [2.45, 2.75) is 51.0 Å². The molecule has 1 saturated heterocycles. The van der Waals surface area contributed by atoms with Crippen LogP contribution in [-0.4, -0.2) is 73.9 Å². The molecule has 1 atom stereocenters. The molecule has 0 radical (unpaired) electrons. The molecule has 0 aliphatic carbocycles. The standard InChI is InChI=1S/C24H33N5O7S/c1-4-7-21-26-16(3)22-24(30)27-23(28-29(21)22)19-12-18(8-9-20(19)35-5-2)37(31,32)25-10-6-11-33-13-17-14-34-15-36-17/h8-9,12,17,25H,4-7,10-11,13-15H2,1-3H3,(H,27,28,30). The normalized spacial score (nSPS) is 16.0. The highest BCUT2D eigenvalue weighted by Crippen LogP contribution is 2.30. The molecule has 0 bridgehead atoms. The van der Waals surface area contributed by atoms with Crippen LogP contribution >= 0.6 is 0 Å². The molecule has 3 heterocycles. The van der Waals surface area contributed by atoms with Gasteiger partial charge in [0.25, 0.3) is 5.56 Å². The second-order valence-electron chi connectivity index (χ2n) is 8.62. The highest BCUT2D eigenvalue weighted by molar-refractivity contribution is 7.89. The highest BCUT2D eigenvalue weighted by atomic mass is 32.2. The van der Waals surface area contributed by atoms with Gasteiger partial charge in [-0.15, -0.1) is 5.10 Å². The van der Waals surface area contributed by atoms with E-state index in [0.717, 1.165) is 6.42 Å². The molecule has 1 unspecified atom stereocenters. The van der Waals surface area contributed by atoms with Gasteiger partial charge in [0, 0.05) is 19.6 Å². The fourth-order valence-corrected chi connectivity index (χ4v) is 5.13. The second-order valence-corrected chi connectivity index (χ2v) is 10.4. The van der Waals surface area contributed by atoms with E-state index in [1.54, 1.807) is 13.0 Å². The van der Waals surface area contributed by atoms with E-state index in [1.165, 1.54) is 16.6 Å². The van der Waals surface area contributed by atoms with Gasteiger partial charge in [-0.1, -0.05) is 6.92 Å². The first-order valence-electron chi connectivity index (χ1n) is 12.4. The Kier molecular flexibility index (Phi) is 8.92. The Morgan fingerprint density at radius 2 is 2.14 bits per heavy atom. The quantitative estimate of drug-likeness (QED) is 0.313. The van der Waals surface area contributed by atoms with Crippen LogP contribution in [0.4, 0.5) is 0 Å². The number of imidazole rings is 1. The van der Waals surface area contributed by atoms with Crippen molar-refractivity contribution in [3.05, 3.63) is 40.1 Å². The number of fused-ring (bicyclic) bond motifs is 1. The Bertz CT molecular complexity index is 1380. The molecule has 12 nitrogen and oxygen atoms in total. The summed E-state index contributed by atoms with van der Waals surface area (Å²) in [4.78, 5) is 20.2. The fraction of sp³-hybridized carbons (Fsp3) is 0.542. The number of rotatable bonds is 13. The van der Waals surface area contributed by atoms with Crippen molar-refractivity contribution in [2.75, 3.05) is 39.8 Å². The zero-order chi connectivity index (χ0) is 26.4. The Morgan fingerprint density at radius 1 is 1.30 bits per heavy atom. The van der Waals surface area contributed by atoms with Gasteiger partial charge >= 0.3 is 0 Å². The molecule has 2 aromatic heterocycles. The van der Waals surface area contributed by atoms with Crippen molar-refractivity contribution in [3.8, 4) is 17.1 Å². The van der Waals surface area contributed by atoms with Crippen LogP contribution in [0.15, 0.2) is 27.9 Å². The van der Waals surface area contributed by atoms with Crippen LogP contribution in [0.25, 0.3) is 16.9 Å². The van der Waals surface area contributed by atoms with E-state index in [4.69, 9.17) is 18.9 Å². The number of sulfonamides is 1. The summed E-state index contributed by atoms with van der Waals surface area (Å²) in [5, 5.41) is 4.61. The molecule has 0 saturated carbocycles. The summed E-state index contributed by atoms with van der Waals surface area (Å²) >= 11 is 0. The molecule has 3 aromatic rings. The van der Waals surface area contributed by atoms with Crippen molar-refractivity contribution < 1.29 is 27.4 Å². The molecule has 1 aromatic carbocycles. The number of hydrogen-bond donors (Lipinski definition) is 2. The van der Waals surface area contributed by atoms with E-state index in [9.17, 15) is 13.2 Å². The fourth-order valence-electron chi connectivity index (χ4n) is 4.03. The zero-order valence-electron chi connectivity index (χ0n) is 21.3. The average Bonchev–Trinajstić information content (AvgIpc) is 3.50. The summed E-state index contributed by atoms with van der Waals surface area (Å²) in [7, 11) is -3.84. The summed E-state index contributed by atoms with van der Waals surface area (Å²) in [6.45, 7) is 7.71. The molecule has 1 aliphatic rings. The average molecular weight is 536 g/mol. The number of H-pyrrole nitrogens is 1. The van der Waals surface area contributed by atoms with Crippen LogP contribution < -0.4 is 15.0 Å². The van der Waals surface area contributed by atoms with Gasteiger partial charge in [-0.3, -0.25) is 4.79 Å². The van der Waals surface area contributed by atoms with E-state index >= 15 is 0 Å². The molecule has 13 heteroatoms. The predicted molar refractivity (Wildman–Crippen MR) is 135 cm³/mol. The van der Waals surface area contributed by atoms with Gasteiger partial charge in [-0.05, 0) is 44.9 Å². The minimum atomic E-state index is -3.84. The van der Waals surface area contributed by atoms with Crippen molar-refractivity contribution >= 4 is 15.5 Å². The maximum absolute atomic E-state index is 13.0.